The maximum atomic E-state index is 13.0. The number of methoxy groups -OCH3 is 1. The average molecular weight is 299 g/mol. The predicted molar refractivity (Wildman–Crippen MR) is 84.4 cm³/mol. The molecule has 114 valence electrons. The largest absolute Gasteiger partial charge is 0.380 e. The van der Waals surface area contributed by atoms with Crippen molar-refractivity contribution in [3.05, 3.63) is 77.1 Å². The molecule has 1 N–H and O–H groups in total. The van der Waals surface area contributed by atoms with Crippen LogP contribution in [0.15, 0.2) is 54.6 Å². The molecule has 3 nitrogen and oxygen atoms in total. The Labute approximate surface area is 129 Å². The fourth-order valence-electron chi connectivity index (χ4n) is 1.95. The molecule has 0 heterocycles. The number of carbonyl (C=O) groups excluding carboxylic acids is 1. The second kappa shape index (κ2) is 8.10. The molecule has 0 atom stereocenters. The topological polar surface area (TPSA) is 38.3 Å². The highest BCUT2D eigenvalue weighted by Crippen LogP contribution is 2.06. The molecule has 0 aliphatic carbocycles. The number of ether oxygens (including phenoxy) is 1. The van der Waals surface area contributed by atoms with E-state index in [2.05, 4.69) is 5.32 Å². The first-order valence-corrected chi connectivity index (χ1v) is 6.95. The Morgan fingerprint density at radius 2 is 1.91 bits per heavy atom. The van der Waals surface area contributed by atoms with Crippen molar-refractivity contribution in [3.8, 4) is 0 Å². The van der Waals surface area contributed by atoms with Crippen molar-refractivity contribution in [2.45, 2.75) is 13.2 Å². The van der Waals surface area contributed by atoms with Gasteiger partial charge < -0.3 is 10.1 Å². The molecule has 0 saturated heterocycles. The molecule has 0 unspecified atom stereocenters. The van der Waals surface area contributed by atoms with Gasteiger partial charge in [0.25, 0.3) is 0 Å². The van der Waals surface area contributed by atoms with Crippen LogP contribution in [0.1, 0.15) is 16.7 Å². The van der Waals surface area contributed by atoms with Gasteiger partial charge in [-0.15, -0.1) is 0 Å². The van der Waals surface area contributed by atoms with E-state index in [1.807, 2.05) is 24.3 Å². The Kier molecular flexibility index (Phi) is 5.86. The molecule has 1 amide bonds. The summed E-state index contributed by atoms with van der Waals surface area (Å²) in [7, 11) is 1.65. The molecule has 0 spiro atoms. The van der Waals surface area contributed by atoms with E-state index in [-0.39, 0.29) is 11.7 Å². The molecule has 0 fully saturated rings. The quantitative estimate of drug-likeness (QED) is 0.831. The number of carbonyl (C=O) groups is 1. The SMILES string of the molecule is COCc1ccc(CNC(=O)/C=C/c2cccc(F)c2)cc1. The smallest absolute Gasteiger partial charge is 0.244 e. The van der Waals surface area contributed by atoms with E-state index in [1.54, 1.807) is 25.3 Å². The summed E-state index contributed by atoms with van der Waals surface area (Å²) in [6.07, 6.45) is 2.98. The van der Waals surface area contributed by atoms with E-state index >= 15 is 0 Å². The molecule has 4 heteroatoms. The second-order valence-corrected chi connectivity index (χ2v) is 4.86. The van der Waals surface area contributed by atoms with Crippen molar-refractivity contribution in [1.29, 1.82) is 0 Å². The van der Waals surface area contributed by atoms with Crippen molar-refractivity contribution in [3.63, 3.8) is 0 Å². The zero-order valence-electron chi connectivity index (χ0n) is 12.4. The lowest BCUT2D eigenvalue weighted by Gasteiger charge is -2.04. The number of benzene rings is 2. The Balaban J connectivity index is 1.84. The number of hydrogen-bond acceptors (Lipinski definition) is 2. The van der Waals surface area contributed by atoms with Crippen LogP contribution >= 0.6 is 0 Å². The normalized spacial score (nSPS) is 10.8. The number of hydrogen-bond donors (Lipinski definition) is 1. The number of nitrogens with one attached hydrogen (secondary N) is 1. The highest BCUT2D eigenvalue weighted by molar-refractivity contribution is 5.91. The molecule has 0 aliphatic rings. The third-order valence-corrected chi connectivity index (χ3v) is 3.08. The fourth-order valence-corrected chi connectivity index (χ4v) is 1.95. The van der Waals surface area contributed by atoms with Crippen LogP contribution in [0, 0.1) is 5.82 Å². The summed E-state index contributed by atoms with van der Waals surface area (Å²) >= 11 is 0. The summed E-state index contributed by atoms with van der Waals surface area (Å²) < 4.78 is 18.0. The zero-order valence-corrected chi connectivity index (χ0v) is 12.4. The van der Waals surface area contributed by atoms with E-state index < -0.39 is 0 Å². The van der Waals surface area contributed by atoms with Crippen LogP contribution in [0.2, 0.25) is 0 Å². The predicted octanol–water partition coefficient (Wildman–Crippen LogP) is 3.30. The van der Waals surface area contributed by atoms with Gasteiger partial charge in [0.05, 0.1) is 6.61 Å². The monoisotopic (exact) mass is 299 g/mol. The fraction of sp³-hybridized carbons (Fsp3) is 0.167. The third-order valence-electron chi connectivity index (χ3n) is 3.08. The second-order valence-electron chi connectivity index (χ2n) is 4.86. The Bertz CT molecular complexity index is 650. The van der Waals surface area contributed by atoms with Gasteiger partial charge >= 0.3 is 0 Å². The van der Waals surface area contributed by atoms with Gasteiger partial charge in [0.15, 0.2) is 0 Å². The van der Waals surface area contributed by atoms with Gasteiger partial charge in [-0.1, -0.05) is 36.4 Å². The number of rotatable bonds is 6. The molecule has 0 aliphatic heterocycles. The molecule has 2 rings (SSSR count). The van der Waals surface area contributed by atoms with Gasteiger partial charge in [0.2, 0.25) is 5.91 Å². The number of amides is 1. The van der Waals surface area contributed by atoms with Gasteiger partial charge in [-0.3, -0.25) is 4.79 Å². The Morgan fingerprint density at radius 1 is 1.18 bits per heavy atom. The van der Waals surface area contributed by atoms with Crippen LogP contribution in [-0.4, -0.2) is 13.0 Å². The molecule has 2 aromatic rings. The van der Waals surface area contributed by atoms with Crippen molar-refractivity contribution in [2.75, 3.05) is 7.11 Å². The minimum absolute atomic E-state index is 0.217. The summed E-state index contributed by atoms with van der Waals surface area (Å²) in [6.45, 7) is 1.02. The van der Waals surface area contributed by atoms with Crippen molar-refractivity contribution in [2.24, 2.45) is 0 Å². The van der Waals surface area contributed by atoms with E-state index in [4.69, 9.17) is 4.74 Å². The zero-order chi connectivity index (χ0) is 15.8. The third kappa shape index (κ3) is 5.14. The van der Waals surface area contributed by atoms with E-state index in [0.717, 1.165) is 11.1 Å². The van der Waals surface area contributed by atoms with E-state index in [1.165, 1.54) is 18.2 Å². The molecule has 0 aromatic heterocycles. The summed E-state index contributed by atoms with van der Waals surface area (Å²) in [5.74, 6) is -0.538. The maximum Gasteiger partial charge on any atom is 0.244 e. The Morgan fingerprint density at radius 3 is 2.59 bits per heavy atom. The molecule has 0 radical (unpaired) electrons. The summed E-state index contributed by atoms with van der Waals surface area (Å²) in [4.78, 5) is 11.7. The van der Waals surface area contributed by atoms with Gasteiger partial charge in [0, 0.05) is 19.7 Å². The lowest BCUT2D eigenvalue weighted by atomic mass is 10.1. The summed E-state index contributed by atoms with van der Waals surface area (Å²) in [6, 6.07) is 13.9. The summed E-state index contributed by atoms with van der Waals surface area (Å²) in [5, 5.41) is 2.78. The lowest BCUT2D eigenvalue weighted by Crippen LogP contribution is -2.20. The van der Waals surface area contributed by atoms with Crippen molar-refractivity contribution >= 4 is 12.0 Å². The lowest BCUT2D eigenvalue weighted by molar-refractivity contribution is -0.116. The summed E-state index contributed by atoms with van der Waals surface area (Å²) in [5.41, 5.74) is 2.75. The molecule has 2 aromatic carbocycles. The minimum Gasteiger partial charge on any atom is -0.380 e. The van der Waals surface area contributed by atoms with Crippen LogP contribution in [0.4, 0.5) is 4.39 Å². The van der Waals surface area contributed by atoms with Gasteiger partial charge in [-0.25, -0.2) is 4.39 Å². The minimum atomic E-state index is -0.321. The van der Waals surface area contributed by atoms with Crippen molar-refractivity contribution < 1.29 is 13.9 Å². The maximum absolute atomic E-state index is 13.0. The van der Waals surface area contributed by atoms with Crippen LogP contribution in [0.5, 0.6) is 0 Å². The van der Waals surface area contributed by atoms with Crippen molar-refractivity contribution in [1.82, 2.24) is 5.32 Å². The highest BCUT2D eigenvalue weighted by atomic mass is 19.1. The van der Waals surface area contributed by atoms with Crippen LogP contribution in [0.25, 0.3) is 6.08 Å². The molecule has 0 bridgehead atoms. The first-order valence-electron chi connectivity index (χ1n) is 6.95. The van der Waals surface area contributed by atoms with Gasteiger partial charge in [-0.2, -0.15) is 0 Å². The first-order chi connectivity index (χ1) is 10.7. The van der Waals surface area contributed by atoms with E-state index in [0.29, 0.717) is 18.7 Å². The molecular weight excluding hydrogens is 281 g/mol. The van der Waals surface area contributed by atoms with Crippen LogP contribution in [0.3, 0.4) is 0 Å². The standard InChI is InChI=1S/C18H18FNO2/c1-22-13-16-7-5-15(6-8-16)12-20-18(21)10-9-14-3-2-4-17(19)11-14/h2-11H,12-13H2,1H3,(H,20,21)/b10-9+. The highest BCUT2D eigenvalue weighted by Gasteiger charge is 1.98. The molecular formula is C18H18FNO2. The average Bonchev–Trinajstić information content (AvgIpc) is 2.53. The van der Waals surface area contributed by atoms with Gasteiger partial charge in [0.1, 0.15) is 5.82 Å². The number of halogens is 1. The van der Waals surface area contributed by atoms with Gasteiger partial charge in [-0.05, 0) is 34.9 Å². The van der Waals surface area contributed by atoms with E-state index in [9.17, 15) is 9.18 Å². The molecule has 22 heavy (non-hydrogen) atoms. The Hall–Kier alpha value is -2.46. The molecule has 0 saturated carbocycles. The van der Waals surface area contributed by atoms with Crippen LogP contribution < -0.4 is 5.32 Å². The first kappa shape index (κ1) is 15.9. The van der Waals surface area contributed by atoms with Crippen LogP contribution in [-0.2, 0) is 22.7 Å².